The van der Waals surface area contributed by atoms with Crippen LogP contribution in [-0.2, 0) is 4.74 Å². The van der Waals surface area contributed by atoms with E-state index in [9.17, 15) is 4.79 Å². The lowest BCUT2D eigenvalue weighted by Crippen LogP contribution is -2.41. The number of thioether (sulfide) groups is 1. The Hall–Kier alpha value is -0.420. The molecule has 0 aromatic rings. The zero-order chi connectivity index (χ0) is 12.9. The van der Waals surface area contributed by atoms with Crippen LogP contribution in [0.15, 0.2) is 0 Å². The molecule has 5 heteroatoms. The van der Waals surface area contributed by atoms with Crippen molar-refractivity contribution in [1.82, 2.24) is 5.32 Å². The first-order chi connectivity index (χ1) is 7.87. The van der Waals surface area contributed by atoms with E-state index in [1.807, 2.05) is 32.5 Å². The van der Waals surface area contributed by atoms with Gasteiger partial charge in [-0.15, -0.1) is 0 Å². The van der Waals surface area contributed by atoms with E-state index in [2.05, 4.69) is 5.32 Å². The summed E-state index contributed by atoms with van der Waals surface area (Å²) in [5.74, 6) is 1.25. The van der Waals surface area contributed by atoms with Crippen molar-refractivity contribution < 1.29 is 9.53 Å². The highest BCUT2D eigenvalue weighted by Crippen LogP contribution is 2.29. The van der Waals surface area contributed by atoms with E-state index in [0.717, 1.165) is 6.42 Å². The molecule has 0 bridgehead atoms. The number of nitrogens with one attached hydrogen (secondary N) is 1. The molecule has 2 unspecified atom stereocenters. The molecule has 0 spiro atoms. The van der Waals surface area contributed by atoms with Gasteiger partial charge in [-0.25, -0.2) is 4.79 Å². The smallest absolute Gasteiger partial charge is 0.407 e. The third-order valence-electron chi connectivity index (χ3n) is 2.50. The van der Waals surface area contributed by atoms with Crippen molar-refractivity contribution in [2.24, 2.45) is 5.73 Å². The van der Waals surface area contributed by atoms with E-state index in [-0.39, 0.29) is 12.1 Å². The first-order valence-electron chi connectivity index (χ1n) is 6.21. The highest BCUT2D eigenvalue weighted by Gasteiger charge is 2.20. The molecule has 4 nitrogen and oxygen atoms in total. The van der Waals surface area contributed by atoms with E-state index in [0.29, 0.717) is 11.8 Å². The Morgan fingerprint density at radius 3 is 2.82 bits per heavy atom. The minimum absolute atomic E-state index is 0.0260. The number of amides is 1. The average molecular weight is 260 g/mol. The maximum atomic E-state index is 11.4. The molecule has 0 saturated carbocycles. The van der Waals surface area contributed by atoms with Crippen LogP contribution in [0.2, 0.25) is 0 Å². The first kappa shape index (κ1) is 14.6. The van der Waals surface area contributed by atoms with Gasteiger partial charge in [0.1, 0.15) is 5.60 Å². The van der Waals surface area contributed by atoms with Gasteiger partial charge in [0.15, 0.2) is 0 Å². The van der Waals surface area contributed by atoms with Gasteiger partial charge in [0.25, 0.3) is 0 Å². The van der Waals surface area contributed by atoms with Gasteiger partial charge in [-0.2, -0.15) is 11.8 Å². The van der Waals surface area contributed by atoms with Gasteiger partial charge in [0.2, 0.25) is 0 Å². The second kappa shape index (κ2) is 6.50. The number of nitrogens with two attached hydrogens (primary N) is 1. The summed E-state index contributed by atoms with van der Waals surface area (Å²) in [5.41, 5.74) is 5.53. The SMILES string of the molecule is CC(C)(C)OC(=O)NCC(N)CC1CCCS1. The summed E-state index contributed by atoms with van der Waals surface area (Å²) in [4.78, 5) is 11.4. The third-order valence-corrected chi connectivity index (χ3v) is 3.92. The van der Waals surface area contributed by atoms with Gasteiger partial charge in [0, 0.05) is 17.8 Å². The maximum Gasteiger partial charge on any atom is 0.407 e. The van der Waals surface area contributed by atoms with Gasteiger partial charge >= 0.3 is 6.09 Å². The summed E-state index contributed by atoms with van der Waals surface area (Å²) in [6.45, 7) is 6.04. The van der Waals surface area contributed by atoms with Crippen molar-refractivity contribution in [2.45, 2.75) is 56.9 Å². The lowest BCUT2D eigenvalue weighted by Gasteiger charge is -2.21. The Morgan fingerprint density at radius 2 is 2.29 bits per heavy atom. The van der Waals surface area contributed by atoms with Gasteiger partial charge in [-0.05, 0) is 45.8 Å². The molecule has 17 heavy (non-hydrogen) atoms. The van der Waals surface area contributed by atoms with Crippen LogP contribution in [-0.4, -0.2) is 35.3 Å². The summed E-state index contributed by atoms with van der Waals surface area (Å²) in [6.07, 6.45) is 3.14. The Kier molecular flexibility index (Phi) is 5.59. The molecule has 100 valence electrons. The molecular formula is C12H24N2O2S. The number of alkyl carbamates (subject to hydrolysis) is 1. The summed E-state index contributed by atoms with van der Waals surface area (Å²) in [6, 6.07) is 0.0260. The largest absolute Gasteiger partial charge is 0.444 e. The number of ether oxygens (including phenoxy) is 1. The molecule has 1 aliphatic heterocycles. The molecule has 3 N–H and O–H groups in total. The van der Waals surface area contributed by atoms with E-state index >= 15 is 0 Å². The maximum absolute atomic E-state index is 11.4. The Bertz CT molecular complexity index is 247. The van der Waals surface area contributed by atoms with Gasteiger partial charge < -0.3 is 15.8 Å². The normalized spacial score (nSPS) is 22.2. The minimum atomic E-state index is -0.449. The van der Waals surface area contributed by atoms with E-state index < -0.39 is 5.60 Å². The fourth-order valence-electron chi connectivity index (χ4n) is 1.78. The summed E-state index contributed by atoms with van der Waals surface area (Å²) < 4.78 is 5.15. The summed E-state index contributed by atoms with van der Waals surface area (Å²) >= 11 is 1.99. The lowest BCUT2D eigenvalue weighted by atomic mass is 10.1. The highest BCUT2D eigenvalue weighted by atomic mass is 32.2. The van der Waals surface area contributed by atoms with E-state index in [1.165, 1.54) is 18.6 Å². The van der Waals surface area contributed by atoms with Crippen LogP contribution in [0.4, 0.5) is 4.79 Å². The number of carbonyl (C=O) groups excluding carboxylic acids is 1. The van der Waals surface area contributed by atoms with Crippen molar-refractivity contribution in [3.63, 3.8) is 0 Å². The van der Waals surface area contributed by atoms with Gasteiger partial charge in [-0.3, -0.25) is 0 Å². The molecule has 2 atom stereocenters. The number of hydrogen-bond acceptors (Lipinski definition) is 4. The monoisotopic (exact) mass is 260 g/mol. The van der Waals surface area contributed by atoms with Crippen molar-refractivity contribution in [1.29, 1.82) is 0 Å². The van der Waals surface area contributed by atoms with Crippen molar-refractivity contribution >= 4 is 17.9 Å². The number of hydrogen-bond donors (Lipinski definition) is 2. The molecule has 1 rings (SSSR count). The molecule has 1 aliphatic rings. The van der Waals surface area contributed by atoms with Gasteiger partial charge in [-0.1, -0.05) is 0 Å². The van der Waals surface area contributed by atoms with Crippen LogP contribution in [0.5, 0.6) is 0 Å². The predicted molar refractivity (Wildman–Crippen MR) is 72.3 cm³/mol. The molecule has 1 amide bonds. The predicted octanol–water partition coefficient (Wildman–Crippen LogP) is 2.12. The van der Waals surface area contributed by atoms with Crippen LogP contribution < -0.4 is 11.1 Å². The van der Waals surface area contributed by atoms with Gasteiger partial charge in [0.05, 0.1) is 0 Å². The van der Waals surface area contributed by atoms with Crippen LogP contribution in [0.3, 0.4) is 0 Å². The average Bonchev–Trinajstić information content (AvgIpc) is 2.64. The fourth-order valence-corrected chi connectivity index (χ4v) is 3.16. The van der Waals surface area contributed by atoms with Crippen LogP contribution >= 0.6 is 11.8 Å². The summed E-state index contributed by atoms with van der Waals surface area (Å²) in [7, 11) is 0. The molecule has 1 fully saturated rings. The Morgan fingerprint density at radius 1 is 1.59 bits per heavy atom. The summed E-state index contributed by atoms with van der Waals surface area (Å²) in [5, 5.41) is 3.39. The van der Waals surface area contributed by atoms with E-state index in [4.69, 9.17) is 10.5 Å². The quantitative estimate of drug-likeness (QED) is 0.812. The van der Waals surface area contributed by atoms with Crippen LogP contribution in [0, 0.1) is 0 Å². The zero-order valence-corrected chi connectivity index (χ0v) is 11.8. The van der Waals surface area contributed by atoms with Crippen molar-refractivity contribution in [3.8, 4) is 0 Å². The first-order valence-corrected chi connectivity index (χ1v) is 7.26. The Balaban J connectivity index is 2.14. The molecule has 0 aromatic heterocycles. The number of rotatable bonds is 4. The Labute approximate surface area is 108 Å². The molecule has 0 aliphatic carbocycles. The van der Waals surface area contributed by atoms with Crippen LogP contribution in [0.25, 0.3) is 0 Å². The molecule has 0 radical (unpaired) electrons. The second-order valence-corrected chi connectivity index (χ2v) is 6.92. The third kappa shape index (κ3) is 6.78. The molecule has 1 heterocycles. The number of carbonyl (C=O) groups is 1. The second-order valence-electron chi connectivity index (χ2n) is 5.51. The molecular weight excluding hydrogens is 236 g/mol. The minimum Gasteiger partial charge on any atom is -0.444 e. The topological polar surface area (TPSA) is 64.3 Å². The van der Waals surface area contributed by atoms with Crippen molar-refractivity contribution in [2.75, 3.05) is 12.3 Å². The zero-order valence-electron chi connectivity index (χ0n) is 11.0. The lowest BCUT2D eigenvalue weighted by molar-refractivity contribution is 0.0524. The van der Waals surface area contributed by atoms with E-state index in [1.54, 1.807) is 0 Å². The highest BCUT2D eigenvalue weighted by molar-refractivity contribution is 8.00. The molecule has 1 saturated heterocycles. The van der Waals surface area contributed by atoms with Crippen LogP contribution in [0.1, 0.15) is 40.0 Å². The standard InChI is InChI=1S/C12H24N2O2S/c1-12(2,3)16-11(15)14-8-9(13)7-10-5-4-6-17-10/h9-10H,4-8,13H2,1-3H3,(H,14,15). The molecule has 0 aromatic carbocycles. The van der Waals surface area contributed by atoms with Crippen molar-refractivity contribution in [3.05, 3.63) is 0 Å². The fraction of sp³-hybridized carbons (Fsp3) is 0.917.